The lowest BCUT2D eigenvalue weighted by atomic mass is 10.2. The van der Waals surface area contributed by atoms with E-state index < -0.39 is 5.82 Å². The average Bonchev–Trinajstić information content (AvgIpc) is 2.71. The van der Waals surface area contributed by atoms with Crippen molar-refractivity contribution in [3.63, 3.8) is 0 Å². The normalized spacial score (nSPS) is 14.6. The second-order valence-corrected chi connectivity index (χ2v) is 6.61. The molecule has 1 N–H and O–H groups in total. The summed E-state index contributed by atoms with van der Waals surface area (Å²) in [7, 11) is 0. The number of nitriles is 1. The molecule has 8 heteroatoms. The summed E-state index contributed by atoms with van der Waals surface area (Å²) in [5.74, 6) is -1.23. The molecular formula is C20H17ClF2N4O. The lowest BCUT2D eigenvalue weighted by Crippen LogP contribution is -2.49. The van der Waals surface area contributed by atoms with E-state index in [4.69, 9.17) is 11.6 Å². The Bertz CT molecular complexity index is 932. The van der Waals surface area contributed by atoms with Crippen molar-refractivity contribution in [2.45, 2.75) is 0 Å². The van der Waals surface area contributed by atoms with Gasteiger partial charge >= 0.3 is 0 Å². The lowest BCUT2D eigenvalue weighted by molar-refractivity contribution is -0.127. The highest BCUT2D eigenvalue weighted by Crippen LogP contribution is 2.20. The van der Waals surface area contributed by atoms with Crippen LogP contribution in [0.15, 0.2) is 54.2 Å². The molecule has 2 aromatic carbocycles. The lowest BCUT2D eigenvalue weighted by Gasteiger charge is -2.36. The molecule has 0 saturated carbocycles. The molecule has 1 aliphatic heterocycles. The van der Waals surface area contributed by atoms with Gasteiger partial charge in [-0.15, -0.1) is 0 Å². The van der Waals surface area contributed by atoms with Crippen LogP contribution in [0, 0.1) is 23.0 Å². The average molecular weight is 403 g/mol. The molecule has 5 nitrogen and oxygen atoms in total. The molecule has 1 aliphatic rings. The minimum atomic E-state index is -0.549. The quantitative estimate of drug-likeness (QED) is 0.624. The number of benzene rings is 2. The van der Waals surface area contributed by atoms with E-state index in [0.717, 1.165) is 5.69 Å². The molecule has 0 spiro atoms. The van der Waals surface area contributed by atoms with Crippen LogP contribution in [0.2, 0.25) is 5.02 Å². The second kappa shape index (κ2) is 8.72. The maximum absolute atomic E-state index is 13.2. The van der Waals surface area contributed by atoms with Gasteiger partial charge in [-0.05, 0) is 42.5 Å². The van der Waals surface area contributed by atoms with E-state index in [2.05, 4.69) is 10.2 Å². The first-order chi connectivity index (χ1) is 13.5. The molecule has 0 atom stereocenters. The number of carbonyl (C=O) groups is 1. The van der Waals surface area contributed by atoms with Crippen LogP contribution < -0.4 is 10.2 Å². The van der Waals surface area contributed by atoms with Gasteiger partial charge in [0.1, 0.15) is 23.3 Å². The number of nitrogens with zero attached hydrogens (tertiary/aromatic N) is 3. The van der Waals surface area contributed by atoms with Crippen LogP contribution >= 0.6 is 11.6 Å². The number of carbonyl (C=O) groups excluding carboxylic acids is 1. The van der Waals surface area contributed by atoms with Gasteiger partial charge in [-0.1, -0.05) is 11.6 Å². The first kappa shape index (κ1) is 19.6. The number of halogens is 3. The Morgan fingerprint density at radius 1 is 1.11 bits per heavy atom. The molecule has 1 fully saturated rings. The van der Waals surface area contributed by atoms with Crippen molar-refractivity contribution < 1.29 is 13.6 Å². The van der Waals surface area contributed by atoms with Crippen molar-refractivity contribution in [1.29, 1.82) is 5.26 Å². The number of hydrogen-bond acceptors (Lipinski definition) is 4. The third-order valence-corrected chi connectivity index (χ3v) is 4.70. The fraction of sp³-hybridized carbons (Fsp3) is 0.200. The van der Waals surface area contributed by atoms with E-state index in [-0.39, 0.29) is 22.3 Å². The summed E-state index contributed by atoms with van der Waals surface area (Å²) in [6, 6.07) is 12.1. The molecule has 0 bridgehead atoms. The van der Waals surface area contributed by atoms with Gasteiger partial charge in [0, 0.05) is 43.8 Å². The molecule has 0 unspecified atom stereocenters. The van der Waals surface area contributed by atoms with Crippen molar-refractivity contribution in [2.75, 3.05) is 36.4 Å². The van der Waals surface area contributed by atoms with E-state index in [1.54, 1.807) is 17.0 Å². The standard InChI is InChI=1S/C20H17ClF2N4O/c21-18-11-16(3-6-19(18)23)25-13-14(12-24)20(28)27-9-7-26(8-10-27)17-4-1-15(22)2-5-17/h1-6,11,13,25H,7-10H2/b14-13-. The molecule has 144 valence electrons. The summed E-state index contributed by atoms with van der Waals surface area (Å²) in [6.07, 6.45) is 1.29. The maximum Gasteiger partial charge on any atom is 0.266 e. The molecule has 28 heavy (non-hydrogen) atoms. The highest BCUT2D eigenvalue weighted by molar-refractivity contribution is 6.31. The van der Waals surface area contributed by atoms with Crippen LogP contribution in [-0.4, -0.2) is 37.0 Å². The fourth-order valence-corrected chi connectivity index (χ4v) is 3.05. The Kier molecular flexibility index (Phi) is 6.12. The SMILES string of the molecule is N#C/C(=C/Nc1ccc(F)c(Cl)c1)C(=O)N1CCN(c2ccc(F)cc2)CC1. The molecular weight excluding hydrogens is 386 g/mol. The predicted octanol–water partition coefficient (Wildman–Crippen LogP) is 3.79. The summed E-state index contributed by atoms with van der Waals surface area (Å²) >= 11 is 5.72. The monoisotopic (exact) mass is 402 g/mol. The van der Waals surface area contributed by atoms with Crippen molar-refractivity contribution >= 4 is 28.9 Å². The summed E-state index contributed by atoms with van der Waals surface area (Å²) in [5.41, 5.74) is 1.29. The molecule has 1 amide bonds. The van der Waals surface area contributed by atoms with Gasteiger partial charge in [0.2, 0.25) is 0 Å². The van der Waals surface area contributed by atoms with Gasteiger partial charge in [-0.2, -0.15) is 5.26 Å². The third-order valence-electron chi connectivity index (χ3n) is 4.41. The Labute approximate surface area is 166 Å². The summed E-state index contributed by atoms with van der Waals surface area (Å²) < 4.78 is 26.2. The Hall–Kier alpha value is -3.11. The van der Waals surface area contributed by atoms with E-state index in [0.29, 0.717) is 31.9 Å². The number of amides is 1. The van der Waals surface area contributed by atoms with Crippen LogP contribution in [0.1, 0.15) is 0 Å². The number of rotatable bonds is 4. The van der Waals surface area contributed by atoms with Gasteiger partial charge in [-0.3, -0.25) is 4.79 Å². The first-order valence-electron chi connectivity index (χ1n) is 8.59. The van der Waals surface area contributed by atoms with Gasteiger partial charge in [0.05, 0.1) is 5.02 Å². The Morgan fingerprint density at radius 3 is 2.39 bits per heavy atom. The molecule has 1 saturated heterocycles. The van der Waals surface area contributed by atoms with E-state index in [1.165, 1.54) is 36.5 Å². The maximum atomic E-state index is 13.2. The fourth-order valence-electron chi connectivity index (χ4n) is 2.87. The van der Waals surface area contributed by atoms with E-state index in [1.807, 2.05) is 6.07 Å². The Morgan fingerprint density at radius 2 is 1.79 bits per heavy atom. The highest BCUT2D eigenvalue weighted by Gasteiger charge is 2.24. The number of hydrogen-bond donors (Lipinski definition) is 1. The Balaban J connectivity index is 1.61. The van der Waals surface area contributed by atoms with Crippen LogP contribution in [0.3, 0.4) is 0 Å². The minimum absolute atomic E-state index is 0.0554. The smallest absolute Gasteiger partial charge is 0.266 e. The van der Waals surface area contributed by atoms with Crippen molar-refractivity contribution in [2.24, 2.45) is 0 Å². The summed E-state index contributed by atoms with van der Waals surface area (Å²) in [4.78, 5) is 16.2. The topological polar surface area (TPSA) is 59.4 Å². The van der Waals surface area contributed by atoms with Gasteiger partial charge in [0.25, 0.3) is 5.91 Å². The summed E-state index contributed by atoms with van der Waals surface area (Å²) in [6.45, 7) is 2.05. The van der Waals surface area contributed by atoms with Crippen molar-refractivity contribution in [3.8, 4) is 6.07 Å². The van der Waals surface area contributed by atoms with Gasteiger partial charge in [0.15, 0.2) is 0 Å². The first-order valence-corrected chi connectivity index (χ1v) is 8.97. The number of anilines is 2. The van der Waals surface area contributed by atoms with Crippen LogP contribution in [-0.2, 0) is 4.79 Å². The molecule has 0 aliphatic carbocycles. The van der Waals surface area contributed by atoms with E-state index >= 15 is 0 Å². The molecule has 2 aromatic rings. The molecule has 0 aromatic heterocycles. The van der Waals surface area contributed by atoms with Crippen LogP contribution in [0.25, 0.3) is 0 Å². The van der Waals surface area contributed by atoms with Crippen molar-refractivity contribution in [1.82, 2.24) is 4.90 Å². The van der Waals surface area contributed by atoms with Crippen LogP contribution in [0.4, 0.5) is 20.2 Å². The molecule has 1 heterocycles. The zero-order valence-corrected chi connectivity index (χ0v) is 15.6. The van der Waals surface area contributed by atoms with Crippen LogP contribution in [0.5, 0.6) is 0 Å². The molecule has 0 radical (unpaired) electrons. The van der Waals surface area contributed by atoms with Gasteiger partial charge in [-0.25, -0.2) is 8.78 Å². The van der Waals surface area contributed by atoms with Crippen molar-refractivity contribution in [3.05, 3.63) is 70.9 Å². The largest absolute Gasteiger partial charge is 0.368 e. The van der Waals surface area contributed by atoms with Gasteiger partial charge < -0.3 is 15.1 Å². The summed E-state index contributed by atoms with van der Waals surface area (Å²) in [5, 5.41) is 12.1. The zero-order chi connectivity index (χ0) is 20.1. The zero-order valence-electron chi connectivity index (χ0n) is 14.8. The highest BCUT2D eigenvalue weighted by atomic mass is 35.5. The number of nitrogens with one attached hydrogen (secondary N) is 1. The minimum Gasteiger partial charge on any atom is -0.368 e. The second-order valence-electron chi connectivity index (χ2n) is 6.20. The molecule has 3 rings (SSSR count). The number of piperazine rings is 1. The third kappa shape index (κ3) is 4.59. The van der Waals surface area contributed by atoms with E-state index in [9.17, 15) is 18.8 Å². The predicted molar refractivity (Wildman–Crippen MR) is 104 cm³/mol.